The van der Waals surface area contributed by atoms with Gasteiger partial charge in [-0.1, -0.05) is 0 Å². The zero-order chi connectivity index (χ0) is 10.7. The molecule has 2 atom stereocenters. The maximum Gasteiger partial charge on any atom is 0.123 e. The first-order valence-electron chi connectivity index (χ1n) is 5.71. The summed E-state index contributed by atoms with van der Waals surface area (Å²) in [6.07, 6.45) is 4.37. The third-order valence-electron chi connectivity index (χ3n) is 3.13. The van der Waals surface area contributed by atoms with Gasteiger partial charge in [0.2, 0.25) is 0 Å². The summed E-state index contributed by atoms with van der Waals surface area (Å²) in [5, 5.41) is 11.1. The van der Waals surface area contributed by atoms with Gasteiger partial charge in [-0.3, -0.25) is 4.68 Å². The van der Waals surface area contributed by atoms with E-state index in [-0.39, 0.29) is 0 Å². The fraction of sp³-hybridized carbons (Fsp3) is 0.727. The molecule has 1 aromatic heterocycles. The van der Waals surface area contributed by atoms with Gasteiger partial charge in [0.25, 0.3) is 0 Å². The molecule has 0 spiro atoms. The smallest absolute Gasteiger partial charge is 0.123 e. The molecule has 1 aromatic rings. The zero-order valence-corrected chi connectivity index (χ0v) is 9.53. The first-order chi connectivity index (χ1) is 7.25. The van der Waals surface area contributed by atoms with E-state index >= 15 is 0 Å². The first-order valence-corrected chi connectivity index (χ1v) is 5.71. The molecule has 84 valence electrons. The van der Waals surface area contributed by atoms with E-state index in [4.69, 9.17) is 0 Å². The van der Waals surface area contributed by atoms with Crippen molar-refractivity contribution in [2.75, 3.05) is 18.4 Å². The molecule has 2 rings (SSSR count). The number of hydrogen-bond donors (Lipinski definition) is 2. The van der Waals surface area contributed by atoms with Gasteiger partial charge in [-0.15, -0.1) is 0 Å². The molecule has 4 nitrogen and oxygen atoms in total. The number of rotatable bonds is 3. The van der Waals surface area contributed by atoms with E-state index in [9.17, 15) is 0 Å². The maximum atomic E-state index is 4.14. The molecule has 0 saturated carbocycles. The third-order valence-corrected chi connectivity index (χ3v) is 3.13. The van der Waals surface area contributed by atoms with Crippen molar-refractivity contribution in [1.29, 1.82) is 0 Å². The first kappa shape index (κ1) is 10.5. The average Bonchev–Trinajstić information content (AvgIpc) is 2.61. The van der Waals surface area contributed by atoms with Gasteiger partial charge in [0.05, 0.1) is 6.20 Å². The van der Waals surface area contributed by atoms with Crippen molar-refractivity contribution >= 4 is 5.82 Å². The minimum atomic E-state index is 0.664. The molecule has 15 heavy (non-hydrogen) atoms. The van der Waals surface area contributed by atoms with E-state index in [1.54, 1.807) is 0 Å². The molecular weight excluding hydrogens is 188 g/mol. The Morgan fingerprint density at radius 1 is 1.67 bits per heavy atom. The fourth-order valence-corrected chi connectivity index (χ4v) is 2.22. The highest BCUT2D eigenvalue weighted by atomic mass is 15.3. The van der Waals surface area contributed by atoms with Crippen LogP contribution >= 0.6 is 0 Å². The highest BCUT2D eigenvalue weighted by molar-refractivity contribution is 5.33. The van der Waals surface area contributed by atoms with Crippen molar-refractivity contribution < 1.29 is 0 Å². The van der Waals surface area contributed by atoms with Gasteiger partial charge in [0, 0.05) is 25.7 Å². The van der Waals surface area contributed by atoms with Gasteiger partial charge < -0.3 is 10.6 Å². The van der Waals surface area contributed by atoms with E-state index in [1.165, 1.54) is 12.8 Å². The molecule has 1 saturated heterocycles. The van der Waals surface area contributed by atoms with Gasteiger partial charge in [0.1, 0.15) is 5.82 Å². The van der Waals surface area contributed by atoms with Crippen LogP contribution in [0.4, 0.5) is 5.82 Å². The summed E-state index contributed by atoms with van der Waals surface area (Å²) in [7, 11) is 1.97. The van der Waals surface area contributed by atoms with E-state index in [0.29, 0.717) is 6.04 Å². The van der Waals surface area contributed by atoms with Crippen LogP contribution in [0.15, 0.2) is 12.3 Å². The second kappa shape index (κ2) is 4.66. The number of anilines is 1. The molecule has 1 aliphatic heterocycles. The molecule has 1 fully saturated rings. The molecule has 0 aliphatic carbocycles. The average molecular weight is 208 g/mol. The van der Waals surface area contributed by atoms with Crippen molar-refractivity contribution in [3.8, 4) is 0 Å². The number of nitrogens with one attached hydrogen (secondary N) is 2. The van der Waals surface area contributed by atoms with Crippen LogP contribution in [-0.4, -0.2) is 28.9 Å². The molecule has 0 aromatic carbocycles. The topological polar surface area (TPSA) is 41.9 Å². The molecule has 0 amide bonds. The molecule has 0 bridgehead atoms. The zero-order valence-electron chi connectivity index (χ0n) is 9.53. The Hall–Kier alpha value is -1.03. The monoisotopic (exact) mass is 208 g/mol. The van der Waals surface area contributed by atoms with Crippen LogP contribution in [-0.2, 0) is 7.05 Å². The predicted octanol–water partition coefficient (Wildman–Crippen LogP) is 1.22. The van der Waals surface area contributed by atoms with Gasteiger partial charge in [-0.05, 0) is 32.2 Å². The third kappa shape index (κ3) is 2.72. The van der Waals surface area contributed by atoms with E-state index in [1.807, 2.05) is 24.0 Å². The Kier molecular flexibility index (Phi) is 3.26. The summed E-state index contributed by atoms with van der Waals surface area (Å²) in [5.74, 6) is 1.90. The minimum Gasteiger partial charge on any atom is -0.370 e. The highest BCUT2D eigenvalue weighted by Gasteiger charge is 2.17. The molecule has 1 aliphatic rings. The largest absolute Gasteiger partial charge is 0.370 e. The summed E-state index contributed by atoms with van der Waals surface area (Å²) in [4.78, 5) is 0. The predicted molar refractivity (Wildman–Crippen MR) is 61.9 cm³/mol. The molecule has 2 unspecified atom stereocenters. The Balaban J connectivity index is 1.80. The summed E-state index contributed by atoms with van der Waals surface area (Å²) < 4.78 is 1.88. The van der Waals surface area contributed by atoms with Gasteiger partial charge in [-0.2, -0.15) is 5.10 Å². The van der Waals surface area contributed by atoms with Crippen LogP contribution in [0.1, 0.15) is 19.8 Å². The Morgan fingerprint density at radius 2 is 2.53 bits per heavy atom. The normalized spacial score (nSPS) is 26.5. The standard InChI is InChI=1S/C11H20N4/c1-9-7-10(3-5-12-9)8-13-11-4-6-14-15(11)2/h4,6,9-10,12-13H,3,5,7-8H2,1-2H3. The summed E-state index contributed by atoms with van der Waals surface area (Å²) in [6.45, 7) is 4.47. The molecule has 4 heteroatoms. The van der Waals surface area contributed by atoms with Crippen LogP contribution in [0.5, 0.6) is 0 Å². The SMILES string of the molecule is CC1CC(CNc2ccnn2C)CCN1. The molecule has 0 radical (unpaired) electrons. The second-order valence-electron chi connectivity index (χ2n) is 4.47. The lowest BCUT2D eigenvalue weighted by molar-refractivity contribution is 0.327. The van der Waals surface area contributed by atoms with Crippen molar-refractivity contribution in [2.24, 2.45) is 13.0 Å². The fourth-order valence-electron chi connectivity index (χ4n) is 2.22. The van der Waals surface area contributed by atoms with Gasteiger partial charge in [-0.25, -0.2) is 0 Å². The summed E-state index contributed by atoms with van der Waals surface area (Å²) in [6, 6.07) is 2.68. The maximum absolute atomic E-state index is 4.14. The van der Waals surface area contributed by atoms with Crippen LogP contribution in [0.3, 0.4) is 0 Å². The van der Waals surface area contributed by atoms with Crippen LogP contribution in [0.2, 0.25) is 0 Å². The number of nitrogens with zero attached hydrogens (tertiary/aromatic N) is 2. The van der Waals surface area contributed by atoms with Crippen molar-refractivity contribution in [2.45, 2.75) is 25.8 Å². The Labute approximate surface area is 91.1 Å². The number of piperidine rings is 1. The molecule has 2 N–H and O–H groups in total. The van der Waals surface area contributed by atoms with Crippen molar-refractivity contribution in [1.82, 2.24) is 15.1 Å². The number of aryl methyl sites for hydroxylation is 1. The highest BCUT2D eigenvalue weighted by Crippen LogP contribution is 2.16. The van der Waals surface area contributed by atoms with Crippen LogP contribution in [0, 0.1) is 5.92 Å². The van der Waals surface area contributed by atoms with Crippen molar-refractivity contribution in [3.63, 3.8) is 0 Å². The Bertz CT molecular complexity index is 307. The van der Waals surface area contributed by atoms with Crippen molar-refractivity contribution in [3.05, 3.63) is 12.3 Å². The van der Waals surface area contributed by atoms with Crippen LogP contribution < -0.4 is 10.6 Å². The van der Waals surface area contributed by atoms with Gasteiger partial charge >= 0.3 is 0 Å². The second-order valence-corrected chi connectivity index (χ2v) is 4.47. The number of hydrogen-bond acceptors (Lipinski definition) is 3. The molecule has 2 heterocycles. The lowest BCUT2D eigenvalue weighted by Crippen LogP contribution is -2.38. The Morgan fingerprint density at radius 3 is 3.20 bits per heavy atom. The van der Waals surface area contributed by atoms with Gasteiger partial charge in [0.15, 0.2) is 0 Å². The quantitative estimate of drug-likeness (QED) is 0.785. The molecular formula is C11H20N4. The summed E-state index contributed by atoms with van der Waals surface area (Å²) in [5.41, 5.74) is 0. The van der Waals surface area contributed by atoms with E-state index < -0.39 is 0 Å². The minimum absolute atomic E-state index is 0.664. The number of aromatic nitrogens is 2. The van der Waals surface area contributed by atoms with Crippen LogP contribution in [0.25, 0.3) is 0 Å². The lowest BCUT2D eigenvalue weighted by Gasteiger charge is -2.28. The lowest BCUT2D eigenvalue weighted by atomic mass is 9.93. The summed E-state index contributed by atoms with van der Waals surface area (Å²) >= 11 is 0. The van der Waals surface area contributed by atoms with E-state index in [0.717, 1.165) is 24.8 Å². The van der Waals surface area contributed by atoms with E-state index in [2.05, 4.69) is 22.7 Å².